The molecule has 1 aliphatic heterocycles. The van der Waals surface area contributed by atoms with Crippen molar-refractivity contribution in [2.45, 2.75) is 38.7 Å². The molecule has 1 aromatic heterocycles. The predicted octanol–water partition coefficient (Wildman–Crippen LogP) is 1.43. The fourth-order valence-electron chi connectivity index (χ4n) is 2.15. The number of ether oxygens (including phenoxy) is 1. The molecule has 1 fully saturated rings. The standard InChI is InChI=1S/C12H22N4OS/c1-2-3-11-14-12(18-15-11)16-7-4-10(5-8-16)17-9-6-13/h10H,2-9,13H2,1H3. The van der Waals surface area contributed by atoms with Crippen LogP contribution in [0.15, 0.2) is 0 Å². The molecule has 5 nitrogen and oxygen atoms in total. The molecule has 0 unspecified atom stereocenters. The van der Waals surface area contributed by atoms with Gasteiger partial charge < -0.3 is 15.4 Å². The Morgan fingerprint density at radius 3 is 2.89 bits per heavy atom. The normalized spacial score (nSPS) is 17.3. The molecule has 2 N–H and O–H groups in total. The van der Waals surface area contributed by atoms with Gasteiger partial charge in [0.15, 0.2) is 0 Å². The number of nitrogens with zero attached hydrogens (tertiary/aromatic N) is 3. The van der Waals surface area contributed by atoms with E-state index in [-0.39, 0.29) is 0 Å². The van der Waals surface area contributed by atoms with Crippen molar-refractivity contribution in [3.05, 3.63) is 5.82 Å². The van der Waals surface area contributed by atoms with Gasteiger partial charge in [-0.3, -0.25) is 0 Å². The molecular weight excluding hydrogens is 248 g/mol. The summed E-state index contributed by atoms with van der Waals surface area (Å²) in [5.74, 6) is 0.985. The van der Waals surface area contributed by atoms with Crippen molar-refractivity contribution in [3.63, 3.8) is 0 Å². The molecule has 0 aromatic carbocycles. The molecule has 0 aliphatic carbocycles. The molecule has 0 amide bonds. The van der Waals surface area contributed by atoms with Crippen LogP contribution in [0.5, 0.6) is 0 Å². The Kier molecular flexibility index (Phi) is 5.34. The fraction of sp³-hybridized carbons (Fsp3) is 0.833. The van der Waals surface area contributed by atoms with Crippen LogP contribution in [0.3, 0.4) is 0 Å². The first kappa shape index (κ1) is 13.7. The predicted molar refractivity (Wildman–Crippen MR) is 74.1 cm³/mol. The quantitative estimate of drug-likeness (QED) is 0.847. The van der Waals surface area contributed by atoms with Crippen molar-refractivity contribution < 1.29 is 4.74 Å². The van der Waals surface area contributed by atoms with E-state index in [9.17, 15) is 0 Å². The Morgan fingerprint density at radius 2 is 2.22 bits per heavy atom. The summed E-state index contributed by atoms with van der Waals surface area (Å²) in [7, 11) is 0. The molecule has 0 bridgehead atoms. The molecule has 0 saturated carbocycles. The van der Waals surface area contributed by atoms with E-state index in [4.69, 9.17) is 10.5 Å². The summed E-state index contributed by atoms with van der Waals surface area (Å²) in [6, 6.07) is 0. The van der Waals surface area contributed by atoms with Crippen LogP contribution in [0.2, 0.25) is 0 Å². The average Bonchev–Trinajstić information content (AvgIpc) is 2.86. The van der Waals surface area contributed by atoms with Gasteiger partial charge in [0.25, 0.3) is 0 Å². The van der Waals surface area contributed by atoms with Gasteiger partial charge in [0, 0.05) is 37.6 Å². The first-order valence-corrected chi connectivity index (χ1v) is 7.50. The number of piperidine rings is 1. The SMILES string of the molecule is CCCc1nsc(N2CCC(OCCN)CC2)n1. The molecule has 0 atom stereocenters. The Balaban J connectivity index is 1.81. The van der Waals surface area contributed by atoms with Crippen LogP contribution < -0.4 is 10.6 Å². The zero-order chi connectivity index (χ0) is 12.8. The van der Waals surface area contributed by atoms with E-state index >= 15 is 0 Å². The maximum Gasteiger partial charge on any atom is 0.205 e. The van der Waals surface area contributed by atoms with Crippen LogP contribution in [-0.2, 0) is 11.2 Å². The van der Waals surface area contributed by atoms with Gasteiger partial charge in [0.05, 0.1) is 12.7 Å². The van der Waals surface area contributed by atoms with Crippen LogP contribution in [0, 0.1) is 0 Å². The second kappa shape index (κ2) is 7.01. The van der Waals surface area contributed by atoms with Gasteiger partial charge in [-0.15, -0.1) is 0 Å². The highest BCUT2D eigenvalue weighted by atomic mass is 32.1. The Bertz CT molecular complexity index is 350. The van der Waals surface area contributed by atoms with Crippen LogP contribution >= 0.6 is 11.5 Å². The zero-order valence-electron chi connectivity index (χ0n) is 11.0. The molecule has 18 heavy (non-hydrogen) atoms. The van der Waals surface area contributed by atoms with E-state index in [1.54, 1.807) is 0 Å². The van der Waals surface area contributed by atoms with Crippen molar-refractivity contribution in [2.75, 3.05) is 31.1 Å². The third kappa shape index (κ3) is 3.63. The van der Waals surface area contributed by atoms with Gasteiger partial charge in [-0.1, -0.05) is 6.92 Å². The molecule has 6 heteroatoms. The second-order valence-corrected chi connectivity index (χ2v) is 5.32. The lowest BCUT2D eigenvalue weighted by molar-refractivity contribution is 0.0422. The summed E-state index contributed by atoms with van der Waals surface area (Å²) in [4.78, 5) is 6.90. The van der Waals surface area contributed by atoms with E-state index in [1.165, 1.54) is 11.5 Å². The highest BCUT2D eigenvalue weighted by Crippen LogP contribution is 2.23. The van der Waals surface area contributed by atoms with Gasteiger partial charge >= 0.3 is 0 Å². The summed E-state index contributed by atoms with van der Waals surface area (Å²) in [5, 5.41) is 1.07. The number of rotatable bonds is 6. The van der Waals surface area contributed by atoms with Crippen LogP contribution in [0.1, 0.15) is 32.0 Å². The number of nitrogens with two attached hydrogens (primary N) is 1. The first-order chi connectivity index (χ1) is 8.83. The molecule has 102 valence electrons. The minimum atomic E-state index is 0.368. The van der Waals surface area contributed by atoms with E-state index in [0.717, 1.165) is 49.7 Å². The minimum absolute atomic E-state index is 0.368. The number of hydrogen-bond acceptors (Lipinski definition) is 6. The lowest BCUT2D eigenvalue weighted by Crippen LogP contribution is -2.37. The van der Waals surface area contributed by atoms with Gasteiger partial charge in [0.1, 0.15) is 5.82 Å². The van der Waals surface area contributed by atoms with E-state index in [2.05, 4.69) is 21.2 Å². The van der Waals surface area contributed by atoms with Crippen molar-refractivity contribution in [2.24, 2.45) is 5.73 Å². The Labute approximate surface area is 113 Å². The maximum absolute atomic E-state index is 5.68. The Hall–Kier alpha value is -0.720. The van der Waals surface area contributed by atoms with Crippen LogP contribution in [0.4, 0.5) is 5.13 Å². The maximum atomic E-state index is 5.68. The van der Waals surface area contributed by atoms with Gasteiger partial charge in [-0.25, -0.2) is 4.98 Å². The summed E-state index contributed by atoms with van der Waals surface area (Å²) >= 11 is 1.52. The van der Waals surface area contributed by atoms with Crippen molar-refractivity contribution in [3.8, 4) is 0 Å². The molecule has 2 rings (SSSR count). The molecule has 0 spiro atoms. The van der Waals surface area contributed by atoms with Crippen molar-refractivity contribution >= 4 is 16.7 Å². The first-order valence-electron chi connectivity index (χ1n) is 6.72. The zero-order valence-corrected chi connectivity index (χ0v) is 11.8. The third-order valence-electron chi connectivity index (χ3n) is 3.11. The number of aryl methyl sites for hydroxylation is 1. The highest BCUT2D eigenvalue weighted by Gasteiger charge is 2.21. The van der Waals surface area contributed by atoms with Crippen LogP contribution in [-0.4, -0.2) is 41.7 Å². The Morgan fingerprint density at radius 1 is 1.44 bits per heavy atom. The van der Waals surface area contributed by atoms with Crippen molar-refractivity contribution in [1.82, 2.24) is 9.36 Å². The van der Waals surface area contributed by atoms with Crippen LogP contribution in [0.25, 0.3) is 0 Å². The lowest BCUT2D eigenvalue weighted by atomic mass is 10.1. The topological polar surface area (TPSA) is 64.3 Å². The summed E-state index contributed by atoms with van der Waals surface area (Å²) in [5.41, 5.74) is 5.44. The molecular formula is C12H22N4OS. The van der Waals surface area contributed by atoms with E-state index in [0.29, 0.717) is 19.3 Å². The fourth-order valence-corrected chi connectivity index (χ4v) is 2.91. The number of anilines is 1. The van der Waals surface area contributed by atoms with E-state index < -0.39 is 0 Å². The van der Waals surface area contributed by atoms with Gasteiger partial charge in [-0.2, -0.15) is 4.37 Å². The summed E-state index contributed by atoms with van der Waals surface area (Å²) in [6.07, 6.45) is 4.57. The monoisotopic (exact) mass is 270 g/mol. The average molecular weight is 270 g/mol. The smallest absolute Gasteiger partial charge is 0.205 e. The van der Waals surface area contributed by atoms with Gasteiger partial charge in [-0.05, 0) is 19.3 Å². The number of hydrogen-bond donors (Lipinski definition) is 1. The third-order valence-corrected chi connectivity index (χ3v) is 3.93. The summed E-state index contributed by atoms with van der Waals surface area (Å²) < 4.78 is 10.1. The van der Waals surface area contributed by atoms with Crippen molar-refractivity contribution in [1.29, 1.82) is 0 Å². The molecule has 2 heterocycles. The lowest BCUT2D eigenvalue weighted by Gasteiger charge is -2.31. The largest absolute Gasteiger partial charge is 0.377 e. The minimum Gasteiger partial charge on any atom is -0.377 e. The summed E-state index contributed by atoms with van der Waals surface area (Å²) in [6.45, 7) is 5.45. The number of aromatic nitrogens is 2. The molecule has 1 saturated heterocycles. The second-order valence-electron chi connectivity index (χ2n) is 4.59. The molecule has 1 aliphatic rings. The van der Waals surface area contributed by atoms with E-state index in [1.807, 2.05) is 0 Å². The highest BCUT2D eigenvalue weighted by molar-refractivity contribution is 7.09. The molecule has 1 aromatic rings. The van der Waals surface area contributed by atoms with Gasteiger partial charge in [0.2, 0.25) is 5.13 Å². The molecule has 0 radical (unpaired) electrons.